The lowest BCUT2D eigenvalue weighted by Crippen LogP contribution is -2.36. The maximum Gasteiger partial charge on any atom is 0.511 e. The number of carbonyl (C=O) groups is 1. The topological polar surface area (TPSA) is 108 Å². The summed E-state index contributed by atoms with van der Waals surface area (Å²) in [7, 11) is 0. The average molecular weight is 255 g/mol. The zero-order valence-electron chi connectivity index (χ0n) is 9.28. The van der Waals surface area contributed by atoms with E-state index < -0.39 is 16.8 Å². The monoisotopic (exact) mass is 255 g/mol. The molecule has 1 aromatic rings. The molecule has 2 rings (SSSR count). The van der Waals surface area contributed by atoms with E-state index in [2.05, 4.69) is 4.74 Å². The van der Waals surface area contributed by atoms with E-state index in [1.54, 1.807) is 0 Å². The third kappa shape index (κ3) is 1.88. The van der Waals surface area contributed by atoms with Gasteiger partial charge in [0, 0.05) is 0 Å². The van der Waals surface area contributed by atoms with Crippen molar-refractivity contribution in [1.82, 2.24) is 0 Å². The van der Waals surface area contributed by atoms with Crippen molar-refractivity contribution in [2.24, 2.45) is 0 Å². The number of hydrogen-bond acceptors (Lipinski definition) is 6. The molecule has 0 aromatic heterocycles. The second-order valence-corrected chi connectivity index (χ2v) is 3.68. The summed E-state index contributed by atoms with van der Waals surface area (Å²) in [6.07, 6.45) is -1.73. The SMILES string of the molecule is CC(OC(=O)O)(c1ccc2c(c1)OCO2)[N+](=O)[O-]. The van der Waals surface area contributed by atoms with Gasteiger partial charge in [-0.2, -0.15) is 0 Å². The molecule has 96 valence electrons. The predicted octanol–water partition coefficient (Wildman–Crippen LogP) is 1.56. The highest BCUT2D eigenvalue weighted by Gasteiger charge is 2.45. The molecule has 0 saturated carbocycles. The molecule has 1 heterocycles. The van der Waals surface area contributed by atoms with Crippen molar-refractivity contribution >= 4 is 6.16 Å². The molecule has 0 radical (unpaired) electrons. The summed E-state index contributed by atoms with van der Waals surface area (Å²) in [5.41, 5.74) is -2.13. The number of nitro groups is 1. The molecule has 0 spiro atoms. The Balaban J connectivity index is 2.43. The summed E-state index contributed by atoms with van der Waals surface area (Å²) in [5.74, 6) is 0.759. The molecule has 0 aliphatic carbocycles. The number of hydrogen-bond donors (Lipinski definition) is 1. The van der Waals surface area contributed by atoms with Crippen LogP contribution >= 0.6 is 0 Å². The minimum absolute atomic E-state index is 0.0216. The lowest BCUT2D eigenvalue weighted by atomic mass is 10.0. The molecule has 8 heteroatoms. The fourth-order valence-corrected chi connectivity index (χ4v) is 1.56. The zero-order valence-corrected chi connectivity index (χ0v) is 9.28. The Kier molecular flexibility index (Phi) is 2.70. The Morgan fingerprint density at radius 3 is 2.78 bits per heavy atom. The number of nitrogens with zero attached hydrogens (tertiary/aromatic N) is 1. The van der Waals surface area contributed by atoms with Crippen LogP contribution in [0.5, 0.6) is 11.5 Å². The van der Waals surface area contributed by atoms with E-state index in [4.69, 9.17) is 14.6 Å². The molecule has 0 saturated heterocycles. The predicted molar refractivity (Wildman–Crippen MR) is 56.0 cm³/mol. The van der Waals surface area contributed by atoms with Crippen LogP contribution in [0, 0.1) is 10.1 Å². The normalized spacial score (nSPS) is 15.8. The molecule has 1 aliphatic heterocycles. The van der Waals surface area contributed by atoms with Crippen LogP contribution in [0.2, 0.25) is 0 Å². The highest BCUT2D eigenvalue weighted by atomic mass is 16.7. The summed E-state index contributed by atoms with van der Waals surface area (Å²) < 4.78 is 14.5. The maximum absolute atomic E-state index is 11.0. The van der Waals surface area contributed by atoms with Crippen molar-refractivity contribution in [3.05, 3.63) is 33.9 Å². The van der Waals surface area contributed by atoms with Crippen molar-refractivity contribution in [2.45, 2.75) is 12.6 Å². The fraction of sp³-hybridized carbons (Fsp3) is 0.300. The fourth-order valence-electron chi connectivity index (χ4n) is 1.56. The van der Waals surface area contributed by atoms with Crippen LogP contribution in [-0.4, -0.2) is 23.0 Å². The quantitative estimate of drug-likeness (QED) is 0.377. The first-order valence-corrected chi connectivity index (χ1v) is 4.90. The molecule has 0 fully saturated rings. The average Bonchev–Trinajstić information content (AvgIpc) is 2.74. The zero-order chi connectivity index (χ0) is 13.3. The van der Waals surface area contributed by atoms with Crippen LogP contribution < -0.4 is 9.47 Å². The Hall–Kier alpha value is -2.51. The van der Waals surface area contributed by atoms with Crippen LogP contribution in [0.1, 0.15) is 12.5 Å². The molecular weight excluding hydrogens is 246 g/mol. The number of carboxylic acid groups (broad SMARTS) is 1. The second-order valence-electron chi connectivity index (χ2n) is 3.68. The van der Waals surface area contributed by atoms with Crippen molar-refractivity contribution in [3.8, 4) is 11.5 Å². The van der Waals surface area contributed by atoms with Crippen LogP contribution in [0.15, 0.2) is 18.2 Å². The van der Waals surface area contributed by atoms with Crippen LogP contribution in [0.3, 0.4) is 0 Å². The second kappa shape index (κ2) is 4.06. The third-order valence-corrected chi connectivity index (χ3v) is 2.54. The molecule has 1 unspecified atom stereocenters. The minimum Gasteiger partial charge on any atom is -0.454 e. The molecule has 0 bridgehead atoms. The molecule has 18 heavy (non-hydrogen) atoms. The van der Waals surface area contributed by atoms with Crippen molar-refractivity contribution in [3.63, 3.8) is 0 Å². The van der Waals surface area contributed by atoms with Gasteiger partial charge in [0.1, 0.15) is 0 Å². The molecule has 1 aromatic carbocycles. The first-order chi connectivity index (χ1) is 8.43. The Morgan fingerprint density at radius 2 is 2.17 bits per heavy atom. The van der Waals surface area contributed by atoms with E-state index >= 15 is 0 Å². The molecule has 1 atom stereocenters. The number of rotatable bonds is 3. The van der Waals surface area contributed by atoms with Gasteiger partial charge in [0.25, 0.3) is 0 Å². The van der Waals surface area contributed by atoms with Crippen molar-refractivity contribution < 1.29 is 29.0 Å². The summed E-state index contributed by atoms with van der Waals surface area (Å²) >= 11 is 0. The highest BCUT2D eigenvalue weighted by molar-refractivity contribution is 5.58. The lowest BCUT2D eigenvalue weighted by Gasteiger charge is -2.19. The summed E-state index contributed by atoms with van der Waals surface area (Å²) in [5, 5.41) is 19.6. The first kappa shape index (κ1) is 12.0. The van der Waals surface area contributed by atoms with Gasteiger partial charge >= 0.3 is 11.9 Å². The van der Waals surface area contributed by atoms with Crippen molar-refractivity contribution in [2.75, 3.05) is 6.79 Å². The van der Waals surface area contributed by atoms with Gasteiger partial charge in [-0.3, -0.25) is 10.1 Å². The number of fused-ring (bicyclic) bond motifs is 1. The summed E-state index contributed by atoms with van der Waals surface area (Å²) in [6.45, 7) is 1.08. The van der Waals surface area contributed by atoms with Crippen LogP contribution in [0.25, 0.3) is 0 Å². The van der Waals surface area contributed by atoms with Gasteiger partial charge < -0.3 is 19.3 Å². The highest BCUT2D eigenvalue weighted by Crippen LogP contribution is 2.37. The van der Waals surface area contributed by atoms with E-state index in [1.165, 1.54) is 18.2 Å². The summed E-state index contributed by atoms with van der Waals surface area (Å²) in [6, 6.07) is 4.15. The van der Waals surface area contributed by atoms with Gasteiger partial charge in [0.2, 0.25) is 6.79 Å². The van der Waals surface area contributed by atoms with Gasteiger partial charge in [-0.05, 0) is 18.2 Å². The largest absolute Gasteiger partial charge is 0.511 e. The lowest BCUT2D eigenvalue weighted by molar-refractivity contribution is -0.627. The first-order valence-electron chi connectivity index (χ1n) is 4.90. The van der Waals surface area contributed by atoms with E-state index in [9.17, 15) is 14.9 Å². The van der Waals surface area contributed by atoms with E-state index in [1.807, 2.05) is 0 Å². The Labute approximate surface area is 101 Å². The molecule has 1 aliphatic rings. The standard InChI is InChI=1S/C10H9NO7/c1-10(11(14)15,18-9(12)13)6-2-3-7-8(4-6)17-5-16-7/h2-4H,5H2,1H3,(H,12,13). The van der Waals surface area contributed by atoms with Gasteiger partial charge in [0.05, 0.1) is 17.4 Å². The number of ether oxygens (including phenoxy) is 3. The molecular formula is C10H9NO7. The van der Waals surface area contributed by atoms with E-state index in [0.717, 1.165) is 6.92 Å². The summed E-state index contributed by atoms with van der Waals surface area (Å²) in [4.78, 5) is 20.7. The Bertz CT molecular complexity index is 515. The minimum atomic E-state index is -2.19. The van der Waals surface area contributed by atoms with Crippen LogP contribution in [-0.2, 0) is 10.5 Å². The van der Waals surface area contributed by atoms with E-state index in [0.29, 0.717) is 11.5 Å². The van der Waals surface area contributed by atoms with Gasteiger partial charge in [-0.15, -0.1) is 0 Å². The van der Waals surface area contributed by atoms with Crippen LogP contribution in [0.4, 0.5) is 4.79 Å². The molecule has 1 N–H and O–H groups in total. The molecule has 0 amide bonds. The van der Waals surface area contributed by atoms with Gasteiger partial charge in [-0.1, -0.05) is 0 Å². The number of benzene rings is 1. The third-order valence-electron chi connectivity index (χ3n) is 2.54. The van der Waals surface area contributed by atoms with Gasteiger partial charge in [0.15, 0.2) is 11.5 Å². The van der Waals surface area contributed by atoms with Crippen molar-refractivity contribution in [1.29, 1.82) is 0 Å². The Morgan fingerprint density at radius 1 is 1.50 bits per heavy atom. The maximum atomic E-state index is 11.0. The molecule has 8 nitrogen and oxygen atoms in total. The smallest absolute Gasteiger partial charge is 0.454 e. The van der Waals surface area contributed by atoms with Gasteiger partial charge in [-0.25, -0.2) is 4.79 Å². The van der Waals surface area contributed by atoms with E-state index in [-0.39, 0.29) is 12.4 Å².